The number of nitrogens with zero attached hydrogens (tertiary/aromatic N) is 5. The third-order valence-electron chi connectivity index (χ3n) is 4.89. The van der Waals surface area contributed by atoms with Crippen molar-refractivity contribution in [3.8, 4) is 22.5 Å². The molecule has 0 spiro atoms. The van der Waals surface area contributed by atoms with Crippen LogP contribution in [0.4, 0.5) is 10.9 Å². The molecular formula is C23H17N7OS. The van der Waals surface area contributed by atoms with Crippen LogP contribution in [0, 0.1) is 0 Å². The number of anilines is 2. The van der Waals surface area contributed by atoms with Crippen molar-refractivity contribution in [1.82, 2.24) is 25.1 Å². The third-order valence-corrected chi connectivity index (χ3v) is 5.50. The van der Waals surface area contributed by atoms with E-state index in [9.17, 15) is 4.79 Å². The zero-order valence-electron chi connectivity index (χ0n) is 17.0. The van der Waals surface area contributed by atoms with E-state index in [2.05, 4.69) is 30.8 Å². The number of amides is 1. The molecule has 0 atom stereocenters. The van der Waals surface area contributed by atoms with Gasteiger partial charge in [0.25, 0.3) is 5.91 Å². The standard InChI is InChI=1S/C23H17N7OS/c1-24-21-18-11-15(7-8-19(18)27-20(28-21)17-6-3-9-25-12-17)14-4-2-5-16(10-14)22(31)29-23-30-26-13-32-23/h2-13H,1H3,(H,24,27,28)(H,29,30,31). The van der Waals surface area contributed by atoms with Crippen molar-refractivity contribution in [1.29, 1.82) is 0 Å². The van der Waals surface area contributed by atoms with Gasteiger partial charge < -0.3 is 5.32 Å². The van der Waals surface area contributed by atoms with Gasteiger partial charge in [-0.3, -0.25) is 15.1 Å². The number of hydrogen-bond acceptors (Lipinski definition) is 8. The summed E-state index contributed by atoms with van der Waals surface area (Å²) in [5.41, 5.74) is 5.64. The topological polar surface area (TPSA) is 106 Å². The SMILES string of the molecule is CNc1nc(-c2cccnc2)nc2ccc(-c3cccc(C(=O)Nc4nncs4)c3)cc12. The molecule has 1 amide bonds. The Hall–Kier alpha value is -4.24. The molecule has 0 aliphatic carbocycles. The lowest BCUT2D eigenvalue weighted by atomic mass is 10.0. The number of carbonyl (C=O) groups excluding carboxylic acids is 1. The molecule has 5 aromatic rings. The van der Waals surface area contributed by atoms with Crippen molar-refractivity contribution in [3.63, 3.8) is 0 Å². The van der Waals surface area contributed by atoms with E-state index >= 15 is 0 Å². The number of hydrogen-bond donors (Lipinski definition) is 2. The Labute approximate surface area is 187 Å². The lowest BCUT2D eigenvalue weighted by Crippen LogP contribution is -2.11. The van der Waals surface area contributed by atoms with Crippen LogP contribution in [0.2, 0.25) is 0 Å². The number of fused-ring (bicyclic) bond motifs is 1. The zero-order chi connectivity index (χ0) is 21.9. The van der Waals surface area contributed by atoms with Crippen molar-refractivity contribution in [2.45, 2.75) is 0 Å². The van der Waals surface area contributed by atoms with Crippen molar-refractivity contribution in [2.75, 3.05) is 17.7 Å². The summed E-state index contributed by atoms with van der Waals surface area (Å²) in [7, 11) is 1.83. The largest absolute Gasteiger partial charge is 0.373 e. The first kappa shape index (κ1) is 19.7. The third kappa shape index (κ3) is 3.88. The van der Waals surface area contributed by atoms with Crippen LogP contribution in [-0.2, 0) is 0 Å². The predicted molar refractivity (Wildman–Crippen MR) is 126 cm³/mol. The summed E-state index contributed by atoms with van der Waals surface area (Å²) in [4.78, 5) is 26.1. The van der Waals surface area contributed by atoms with Gasteiger partial charge in [-0.25, -0.2) is 9.97 Å². The molecule has 3 aromatic heterocycles. The lowest BCUT2D eigenvalue weighted by Gasteiger charge is -2.11. The second-order valence-electron chi connectivity index (χ2n) is 6.90. The van der Waals surface area contributed by atoms with Gasteiger partial charge in [0.15, 0.2) is 5.82 Å². The summed E-state index contributed by atoms with van der Waals surface area (Å²) in [6, 6.07) is 17.2. The van der Waals surface area contributed by atoms with E-state index < -0.39 is 0 Å². The van der Waals surface area contributed by atoms with Crippen molar-refractivity contribution in [2.24, 2.45) is 0 Å². The summed E-state index contributed by atoms with van der Waals surface area (Å²) >= 11 is 1.27. The number of benzene rings is 2. The summed E-state index contributed by atoms with van der Waals surface area (Å²) in [5.74, 6) is 1.10. The van der Waals surface area contributed by atoms with E-state index in [0.717, 1.165) is 33.4 Å². The molecule has 0 radical (unpaired) electrons. The van der Waals surface area contributed by atoms with Crippen molar-refractivity contribution in [3.05, 3.63) is 78.1 Å². The number of pyridine rings is 1. The Morgan fingerprint density at radius 1 is 0.969 bits per heavy atom. The van der Waals surface area contributed by atoms with Gasteiger partial charge in [-0.05, 0) is 47.5 Å². The molecule has 8 nitrogen and oxygen atoms in total. The Kier molecular flexibility index (Phi) is 5.22. The van der Waals surface area contributed by atoms with Crippen LogP contribution in [0.15, 0.2) is 72.5 Å². The molecule has 3 heterocycles. The quantitative estimate of drug-likeness (QED) is 0.415. The van der Waals surface area contributed by atoms with Crippen LogP contribution in [0.1, 0.15) is 10.4 Å². The van der Waals surface area contributed by atoms with Gasteiger partial charge in [0.1, 0.15) is 11.3 Å². The molecule has 156 valence electrons. The molecule has 5 rings (SSSR count). The minimum absolute atomic E-state index is 0.232. The second-order valence-corrected chi connectivity index (χ2v) is 7.73. The molecule has 0 saturated heterocycles. The van der Waals surface area contributed by atoms with Crippen molar-refractivity contribution >= 4 is 39.1 Å². The van der Waals surface area contributed by atoms with Crippen LogP contribution in [0.25, 0.3) is 33.4 Å². The molecule has 9 heteroatoms. The predicted octanol–water partition coefficient (Wildman–Crippen LogP) is 4.50. The molecular weight excluding hydrogens is 422 g/mol. The average Bonchev–Trinajstić information content (AvgIpc) is 3.36. The second kappa shape index (κ2) is 8.48. The van der Waals surface area contributed by atoms with Gasteiger partial charge in [-0.2, -0.15) is 0 Å². The molecule has 0 saturated carbocycles. The molecule has 0 aliphatic heterocycles. The summed E-state index contributed by atoms with van der Waals surface area (Å²) in [6.45, 7) is 0. The highest BCUT2D eigenvalue weighted by Crippen LogP contribution is 2.30. The molecule has 0 unspecified atom stereocenters. The van der Waals surface area contributed by atoms with E-state index in [1.807, 2.05) is 55.6 Å². The number of nitrogens with one attached hydrogen (secondary N) is 2. The fourth-order valence-corrected chi connectivity index (χ4v) is 3.80. The van der Waals surface area contributed by atoms with Gasteiger partial charge in [-0.15, -0.1) is 10.2 Å². The van der Waals surface area contributed by atoms with Crippen LogP contribution < -0.4 is 10.6 Å². The Morgan fingerprint density at radius 3 is 2.62 bits per heavy atom. The molecule has 2 aromatic carbocycles. The van der Waals surface area contributed by atoms with E-state index in [1.54, 1.807) is 24.0 Å². The van der Waals surface area contributed by atoms with E-state index in [0.29, 0.717) is 16.5 Å². The zero-order valence-corrected chi connectivity index (χ0v) is 17.8. The monoisotopic (exact) mass is 439 g/mol. The van der Waals surface area contributed by atoms with Gasteiger partial charge in [0, 0.05) is 36.0 Å². The van der Waals surface area contributed by atoms with Gasteiger partial charge >= 0.3 is 0 Å². The Balaban J connectivity index is 1.52. The van der Waals surface area contributed by atoms with E-state index in [-0.39, 0.29) is 5.91 Å². The smallest absolute Gasteiger partial charge is 0.257 e. The number of carbonyl (C=O) groups is 1. The van der Waals surface area contributed by atoms with Crippen LogP contribution >= 0.6 is 11.3 Å². The van der Waals surface area contributed by atoms with Crippen molar-refractivity contribution < 1.29 is 4.79 Å². The van der Waals surface area contributed by atoms with Gasteiger partial charge in [0.2, 0.25) is 5.13 Å². The number of rotatable bonds is 5. The summed E-state index contributed by atoms with van der Waals surface area (Å²) < 4.78 is 0. The first-order valence-corrected chi connectivity index (χ1v) is 10.7. The highest BCUT2D eigenvalue weighted by atomic mass is 32.1. The maximum atomic E-state index is 12.6. The Morgan fingerprint density at radius 2 is 1.84 bits per heavy atom. The van der Waals surface area contributed by atoms with Crippen LogP contribution in [0.5, 0.6) is 0 Å². The highest BCUT2D eigenvalue weighted by Gasteiger charge is 2.12. The van der Waals surface area contributed by atoms with E-state index in [4.69, 9.17) is 4.98 Å². The molecule has 0 fully saturated rings. The molecule has 0 aliphatic rings. The maximum absolute atomic E-state index is 12.6. The first-order chi connectivity index (χ1) is 15.7. The molecule has 0 bridgehead atoms. The van der Waals surface area contributed by atoms with Crippen LogP contribution in [0.3, 0.4) is 0 Å². The minimum Gasteiger partial charge on any atom is -0.373 e. The number of aromatic nitrogens is 5. The molecule has 2 N–H and O–H groups in total. The maximum Gasteiger partial charge on any atom is 0.257 e. The normalized spacial score (nSPS) is 10.8. The fraction of sp³-hybridized carbons (Fsp3) is 0.0435. The highest BCUT2D eigenvalue weighted by molar-refractivity contribution is 7.13. The van der Waals surface area contributed by atoms with Crippen LogP contribution in [-0.4, -0.2) is 38.1 Å². The average molecular weight is 440 g/mol. The lowest BCUT2D eigenvalue weighted by molar-refractivity contribution is 0.102. The first-order valence-electron chi connectivity index (χ1n) is 9.79. The minimum atomic E-state index is -0.232. The summed E-state index contributed by atoms with van der Waals surface area (Å²) in [5, 5.41) is 14.9. The van der Waals surface area contributed by atoms with E-state index in [1.165, 1.54) is 11.3 Å². The van der Waals surface area contributed by atoms with Gasteiger partial charge in [0.05, 0.1) is 5.52 Å². The van der Waals surface area contributed by atoms with Gasteiger partial charge in [-0.1, -0.05) is 29.5 Å². The fourth-order valence-electron chi connectivity index (χ4n) is 3.36. The molecule has 32 heavy (non-hydrogen) atoms. The summed E-state index contributed by atoms with van der Waals surface area (Å²) in [6.07, 6.45) is 3.46. The Bertz CT molecular complexity index is 1410.